The molecule has 2 heterocycles. The summed E-state index contributed by atoms with van der Waals surface area (Å²) < 4.78 is 76.9. The van der Waals surface area contributed by atoms with Crippen LogP contribution in [0.1, 0.15) is 46.9 Å². The van der Waals surface area contributed by atoms with E-state index in [9.17, 15) is 31.5 Å². The van der Waals surface area contributed by atoms with Gasteiger partial charge in [0, 0.05) is 37.3 Å². The van der Waals surface area contributed by atoms with Crippen LogP contribution < -0.4 is 26.0 Å². The molecule has 2 unspecified atom stereocenters. The third-order valence-electron chi connectivity index (χ3n) is 8.77. The van der Waals surface area contributed by atoms with Crippen molar-refractivity contribution < 1.29 is 45.8 Å². The maximum absolute atomic E-state index is 13.5. The Morgan fingerprint density at radius 3 is 1.66 bits per heavy atom. The maximum Gasteiger partial charge on any atom is 0.573 e. The Labute approximate surface area is 304 Å². The van der Waals surface area contributed by atoms with Gasteiger partial charge in [-0.1, -0.05) is 36.4 Å². The average molecular weight is 741 g/mol. The fraction of sp³-hybridized carbons (Fsp3) is 0.333. The van der Waals surface area contributed by atoms with E-state index in [0.717, 1.165) is 62.8 Å². The molecule has 2 amide bonds. The van der Waals surface area contributed by atoms with E-state index in [4.69, 9.17) is 9.47 Å². The zero-order chi connectivity index (χ0) is 37.6. The molecule has 0 radical (unpaired) electrons. The fourth-order valence-corrected chi connectivity index (χ4v) is 5.97. The van der Waals surface area contributed by atoms with Gasteiger partial charge in [0.1, 0.15) is 17.4 Å². The Bertz CT molecular complexity index is 1760. The van der Waals surface area contributed by atoms with Crippen molar-refractivity contribution in [1.82, 2.24) is 10.6 Å². The largest absolute Gasteiger partial charge is 0.573 e. The lowest BCUT2D eigenvalue weighted by atomic mass is 9.98. The highest BCUT2D eigenvalue weighted by atomic mass is 19.4. The van der Waals surface area contributed by atoms with Crippen molar-refractivity contribution in [2.24, 2.45) is 0 Å². The van der Waals surface area contributed by atoms with Crippen LogP contribution in [0.5, 0.6) is 5.75 Å². The molecule has 14 heteroatoms. The Kier molecular flexibility index (Phi) is 14.0. The van der Waals surface area contributed by atoms with Crippen molar-refractivity contribution in [3.8, 4) is 5.75 Å². The quantitative estimate of drug-likeness (QED) is 0.115. The number of amides is 2. The maximum atomic E-state index is 13.5. The van der Waals surface area contributed by atoms with Gasteiger partial charge in [-0.3, -0.25) is 10.6 Å². The summed E-state index contributed by atoms with van der Waals surface area (Å²) in [6.07, 6.45) is -3.18. The molecular weight excluding hydrogens is 699 g/mol. The molecule has 0 aromatic heterocycles. The zero-order valence-electron chi connectivity index (χ0n) is 28.8. The standard InChI is InChI=1S/C20H21F3N2O3.C19H20F2N2O2/c21-20(22,23)28-18-7-1-14(2-8-18)10-12-27-19(26)25-17-5-3-15(4-6-17)16-9-11-24-13-16;20-16-3-6-18(21)14(11-16)8-10-25-19(24)23-17-4-1-13(2-5-17)15-7-9-22-12-15/h1-8,16,24H,9-13H2,(H,25,26);1-6,11,15,22H,7-10,12H2,(H,23,24). The molecule has 6 rings (SSSR count). The van der Waals surface area contributed by atoms with Crippen LogP contribution in [0.2, 0.25) is 0 Å². The predicted octanol–water partition coefficient (Wildman–Crippen LogP) is 8.29. The lowest BCUT2D eigenvalue weighted by Crippen LogP contribution is -2.17. The number of ether oxygens (including phenoxy) is 3. The normalized spacial score (nSPS) is 16.6. The van der Waals surface area contributed by atoms with Gasteiger partial charge in [-0.05, 0) is 115 Å². The minimum absolute atomic E-state index is 0.0297. The van der Waals surface area contributed by atoms with E-state index >= 15 is 0 Å². The highest BCUT2D eigenvalue weighted by molar-refractivity contribution is 5.85. The molecule has 0 aliphatic carbocycles. The molecule has 4 N–H and O–H groups in total. The SMILES string of the molecule is O=C(Nc1ccc(C2CCNC2)cc1)OCCc1cc(F)ccc1F.O=C(Nc1ccc(C2CCNC2)cc1)OCCc1ccc(OC(F)(F)F)cc1. The smallest absolute Gasteiger partial charge is 0.449 e. The summed E-state index contributed by atoms with van der Waals surface area (Å²) in [5.74, 6) is -0.288. The van der Waals surface area contributed by atoms with Crippen molar-refractivity contribution in [2.45, 2.75) is 43.9 Å². The number of carbonyl (C=O) groups excluding carboxylic acids is 2. The summed E-state index contributed by atoms with van der Waals surface area (Å²) in [6, 6.07) is 24.0. The van der Waals surface area contributed by atoms with Gasteiger partial charge in [0.2, 0.25) is 0 Å². The summed E-state index contributed by atoms with van der Waals surface area (Å²) in [7, 11) is 0. The lowest BCUT2D eigenvalue weighted by Gasteiger charge is -2.11. The van der Waals surface area contributed by atoms with Crippen LogP contribution in [0.25, 0.3) is 0 Å². The second-order valence-corrected chi connectivity index (χ2v) is 12.6. The Hall–Kier alpha value is -5.21. The first-order chi connectivity index (χ1) is 25.5. The number of anilines is 2. The molecule has 4 aromatic carbocycles. The third kappa shape index (κ3) is 13.1. The van der Waals surface area contributed by atoms with Gasteiger partial charge in [0.25, 0.3) is 0 Å². The third-order valence-corrected chi connectivity index (χ3v) is 8.77. The molecule has 9 nitrogen and oxygen atoms in total. The van der Waals surface area contributed by atoms with Crippen molar-refractivity contribution in [3.63, 3.8) is 0 Å². The fourth-order valence-electron chi connectivity index (χ4n) is 5.97. The molecule has 0 spiro atoms. The van der Waals surface area contributed by atoms with Gasteiger partial charge >= 0.3 is 18.5 Å². The highest BCUT2D eigenvalue weighted by Gasteiger charge is 2.31. The van der Waals surface area contributed by atoms with Crippen LogP contribution >= 0.6 is 0 Å². The molecule has 2 fully saturated rings. The Morgan fingerprint density at radius 1 is 0.679 bits per heavy atom. The Balaban J connectivity index is 0.000000206. The first-order valence-corrected chi connectivity index (χ1v) is 17.3. The topological polar surface area (TPSA) is 110 Å². The van der Waals surface area contributed by atoms with E-state index in [0.29, 0.717) is 29.6 Å². The molecule has 2 atom stereocenters. The van der Waals surface area contributed by atoms with Crippen molar-refractivity contribution in [2.75, 3.05) is 50.0 Å². The summed E-state index contributed by atoms with van der Waals surface area (Å²) in [5.41, 5.74) is 4.68. The zero-order valence-corrected chi connectivity index (χ0v) is 28.8. The van der Waals surface area contributed by atoms with Crippen LogP contribution in [0.15, 0.2) is 91.0 Å². The lowest BCUT2D eigenvalue weighted by molar-refractivity contribution is -0.274. The van der Waals surface area contributed by atoms with Gasteiger partial charge in [-0.2, -0.15) is 0 Å². The van der Waals surface area contributed by atoms with Gasteiger partial charge < -0.3 is 24.8 Å². The van der Waals surface area contributed by atoms with Crippen molar-refractivity contribution in [3.05, 3.63) is 125 Å². The van der Waals surface area contributed by atoms with Gasteiger partial charge in [0.05, 0.1) is 13.2 Å². The minimum Gasteiger partial charge on any atom is -0.449 e. The number of hydrogen-bond donors (Lipinski definition) is 4. The van der Waals surface area contributed by atoms with E-state index in [-0.39, 0.29) is 30.9 Å². The summed E-state index contributed by atoms with van der Waals surface area (Å²) in [6.45, 7) is 4.08. The van der Waals surface area contributed by atoms with Gasteiger partial charge in [0.15, 0.2) is 0 Å². The number of alkyl halides is 3. The van der Waals surface area contributed by atoms with Crippen molar-refractivity contribution in [1.29, 1.82) is 0 Å². The molecule has 282 valence electrons. The first-order valence-electron chi connectivity index (χ1n) is 17.3. The molecule has 2 aliphatic rings. The summed E-state index contributed by atoms with van der Waals surface area (Å²) >= 11 is 0. The number of nitrogens with one attached hydrogen (secondary N) is 4. The van der Waals surface area contributed by atoms with Crippen LogP contribution in [-0.4, -0.2) is 57.9 Å². The summed E-state index contributed by atoms with van der Waals surface area (Å²) in [4.78, 5) is 23.7. The predicted molar refractivity (Wildman–Crippen MR) is 190 cm³/mol. The molecule has 2 saturated heterocycles. The monoisotopic (exact) mass is 740 g/mol. The first kappa shape index (κ1) is 39.0. The second-order valence-electron chi connectivity index (χ2n) is 12.6. The molecular formula is C39H41F5N4O5. The van der Waals surface area contributed by atoms with E-state index in [2.05, 4.69) is 26.0 Å². The number of benzene rings is 4. The molecule has 2 aliphatic heterocycles. The average Bonchev–Trinajstić information content (AvgIpc) is 3.87. The summed E-state index contributed by atoms with van der Waals surface area (Å²) in [5, 5.41) is 11.9. The van der Waals surface area contributed by atoms with E-state index in [1.54, 1.807) is 0 Å². The number of rotatable bonds is 11. The van der Waals surface area contributed by atoms with Gasteiger partial charge in [-0.25, -0.2) is 18.4 Å². The molecule has 4 aromatic rings. The molecule has 0 bridgehead atoms. The van der Waals surface area contributed by atoms with E-state index < -0.39 is 30.2 Å². The minimum atomic E-state index is -4.71. The van der Waals surface area contributed by atoms with E-state index in [1.807, 2.05) is 48.5 Å². The highest BCUT2D eigenvalue weighted by Crippen LogP contribution is 2.26. The number of carbonyl (C=O) groups is 2. The molecule has 0 saturated carbocycles. The van der Waals surface area contributed by atoms with Crippen LogP contribution in [0.3, 0.4) is 0 Å². The Morgan fingerprint density at radius 2 is 1.19 bits per heavy atom. The van der Waals surface area contributed by atoms with Crippen LogP contribution in [0, 0.1) is 11.6 Å². The number of halogens is 5. The second kappa shape index (κ2) is 19.0. The van der Waals surface area contributed by atoms with Crippen molar-refractivity contribution >= 4 is 23.6 Å². The molecule has 53 heavy (non-hydrogen) atoms. The van der Waals surface area contributed by atoms with Crippen LogP contribution in [0.4, 0.5) is 42.9 Å². The van der Waals surface area contributed by atoms with Gasteiger partial charge in [-0.15, -0.1) is 13.2 Å². The van der Waals surface area contributed by atoms with Crippen LogP contribution in [-0.2, 0) is 22.3 Å². The van der Waals surface area contributed by atoms with E-state index in [1.165, 1.54) is 35.4 Å². The number of hydrogen-bond acceptors (Lipinski definition) is 7.